The molecule has 0 aliphatic rings. The molecule has 142 valence electrons. The maximum atomic E-state index is 3.61. The van der Waals surface area contributed by atoms with Gasteiger partial charge < -0.3 is 24.8 Å². The van der Waals surface area contributed by atoms with E-state index in [0.717, 1.165) is 21.6 Å². The van der Waals surface area contributed by atoms with Crippen LogP contribution in [0.5, 0.6) is 0 Å². The normalized spacial score (nSPS) is 8.57. The molecule has 0 aromatic heterocycles. The molecule has 4 aromatic rings. The van der Waals surface area contributed by atoms with Crippen LogP contribution < -0.4 is 24.8 Å². The summed E-state index contributed by atoms with van der Waals surface area (Å²) in [5, 5.41) is 5.32. The number of benzene rings is 2. The fourth-order valence-electron chi connectivity index (χ4n) is 2.43. The van der Waals surface area contributed by atoms with Crippen molar-refractivity contribution in [2.24, 2.45) is 0 Å². The van der Waals surface area contributed by atoms with E-state index in [9.17, 15) is 0 Å². The van der Waals surface area contributed by atoms with E-state index in [-0.39, 0.29) is 50.7 Å². The number of hydrogen-bond donors (Lipinski definition) is 0. The Balaban J connectivity index is 0. The van der Waals surface area contributed by atoms with Gasteiger partial charge in [-0.2, -0.15) is 35.0 Å². The third kappa shape index (κ3) is 10.4. The summed E-state index contributed by atoms with van der Waals surface area (Å²) in [6.07, 6.45) is 3.89. The Kier molecular flexibility index (Phi) is 18.5. The Morgan fingerprint density at radius 3 is 1.43 bits per heavy atom. The molecule has 4 aromatic carbocycles. The molecule has 0 heterocycles. The molecule has 0 N–H and O–H groups in total. The number of halogens is 2. The molecule has 0 bridgehead atoms. The standard InChI is InChI=1S/2C9H7.C6H10Si.2ClH.Hf/c2*1-2-5-9-7-3-6-8(9)4-1;1-3-5-7-6-4-2;;;/h2*1-7H;3-4H,1-2,5-6H2;2*1H;/q2*-1;;;;+4/p-2. The summed E-state index contributed by atoms with van der Waals surface area (Å²) in [4.78, 5) is 0. The van der Waals surface area contributed by atoms with Gasteiger partial charge in [0.15, 0.2) is 0 Å². The number of fused-ring (bicyclic) bond motifs is 2. The second kappa shape index (κ2) is 17.9. The minimum Gasteiger partial charge on any atom is -1.00 e. The third-order valence-electron chi connectivity index (χ3n) is 3.67. The van der Waals surface area contributed by atoms with Crippen LogP contribution in [0.4, 0.5) is 0 Å². The van der Waals surface area contributed by atoms with Crippen molar-refractivity contribution in [2.45, 2.75) is 12.1 Å². The second-order valence-electron chi connectivity index (χ2n) is 5.54. The van der Waals surface area contributed by atoms with Gasteiger partial charge in [0.05, 0.1) is 0 Å². The molecule has 0 unspecified atom stereocenters. The van der Waals surface area contributed by atoms with E-state index >= 15 is 0 Å². The second-order valence-corrected chi connectivity index (χ2v) is 6.86. The molecule has 4 rings (SSSR count). The van der Waals surface area contributed by atoms with Crippen LogP contribution in [-0.4, -0.2) is 9.52 Å². The van der Waals surface area contributed by atoms with Crippen molar-refractivity contribution in [2.75, 3.05) is 0 Å². The van der Waals surface area contributed by atoms with E-state index in [2.05, 4.69) is 98.1 Å². The van der Waals surface area contributed by atoms with Gasteiger partial charge in [-0.3, -0.25) is 0 Å². The minimum absolute atomic E-state index is 0. The Labute approximate surface area is 202 Å². The SMILES string of the molecule is C=CC[Si]CC=C.[Cl-].[Cl-].[Hf+4].c1ccc2[cH-]ccc2c1.c1ccc2[cH-]ccc2c1. The summed E-state index contributed by atoms with van der Waals surface area (Å²) in [6.45, 7) is 7.21. The van der Waals surface area contributed by atoms with Crippen LogP contribution in [0.3, 0.4) is 0 Å². The van der Waals surface area contributed by atoms with Crippen LogP contribution in [-0.2, 0) is 25.8 Å². The molecular weight excluding hydrogens is 566 g/mol. The van der Waals surface area contributed by atoms with E-state index in [1.54, 1.807) is 0 Å². The summed E-state index contributed by atoms with van der Waals surface area (Å²) >= 11 is 0. The Morgan fingerprint density at radius 2 is 1.07 bits per heavy atom. The van der Waals surface area contributed by atoms with Gasteiger partial charge in [-0.1, -0.05) is 24.3 Å². The van der Waals surface area contributed by atoms with Crippen LogP contribution >= 0.6 is 0 Å². The molecule has 0 aliphatic carbocycles. The molecule has 0 fully saturated rings. The average molecular weight is 590 g/mol. The molecule has 0 atom stereocenters. The van der Waals surface area contributed by atoms with Crippen molar-refractivity contribution in [3.05, 3.63) is 110 Å². The predicted molar refractivity (Wildman–Crippen MR) is 115 cm³/mol. The van der Waals surface area contributed by atoms with Crippen LogP contribution in [0.15, 0.2) is 110 Å². The van der Waals surface area contributed by atoms with Crippen molar-refractivity contribution < 1.29 is 50.7 Å². The first-order valence-corrected chi connectivity index (χ1v) is 9.90. The van der Waals surface area contributed by atoms with Crippen molar-refractivity contribution in [3.8, 4) is 0 Å². The van der Waals surface area contributed by atoms with E-state index in [0.29, 0.717) is 0 Å². The summed E-state index contributed by atoms with van der Waals surface area (Å²) in [7, 11) is 0.996. The van der Waals surface area contributed by atoms with E-state index < -0.39 is 0 Å². The first-order valence-electron chi connectivity index (χ1n) is 8.48. The quantitative estimate of drug-likeness (QED) is 0.144. The van der Waals surface area contributed by atoms with Gasteiger partial charge in [0.1, 0.15) is 0 Å². The van der Waals surface area contributed by atoms with Crippen LogP contribution in [0, 0.1) is 0 Å². The molecule has 0 spiro atoms. The van der Waals surface area contributed by atoms with Gasteiger partial charge >= 0.3 is 25.8 Å². The maximum absolute atomic E-state index is 3.61. The monoisotopic (exact) mass is 590 g/mol. The zero-order valence-corrected chi connectivity index (χ0v) is 21.9. The van der Waals surface area contributed by atoms with Crippen molar-refractivity contribution in [1.29, 1.82) is 0 Å². The molecule has 0 saturated carbocycles. The summed E-state index contributed by atoms with van der Waals surface area (Å²) < 4.78 is 0. The Morgan fingerprint density at radius 1 is 0.679 bits per heavy atom. The zero-order valence-electron chi connectivity index (χ0n) is 15.8. The van der Waals surface area contributed by atoms with Crippen LogP contribution in [0.25, 0.3) is 21.5 Å². The fraction of sp³-hybridized carbons (Fsp3) is 0.0833. The fourth-order valence-corrected chi connectivity index (χ4v) is 3.00. The van der Waals surface area contributed by atoms with Crippen molar-refractivity contribution >= 4 is 31.1 Å². The summed E-state index contributed by atoms with van der Waals surface area (Å²) in [6, 6.07) is 31.6. The first-order chi connectivity index (χ1) is 12.3. The van der Waals surface area contributed by atoms with Crippen LogP contribution in [0.1, 0.15) is 0 Å². The minimum atomic E-state index is 0. The average Bonchev–Trinajstić information content (AvgIpc) is 3.32. The van der Waals surface area contributed by atoms with Gasteiger partial charge in [-0.25, -0.2) is 0 Å². The van der Waals surface area contributed by atoms with Crippen molar-refractivity contribution in [3.63, 3.8) is 0 Å². The van der Waals surface area contributed by atoms with Crippen molar-refractivity contribution in [1.82, 2.24) is 0 Å². The Hall–Kier alpha value is -1.19. The van der Waals surface area contributed by atoms with Gasteiger partial charge in [0.25, 0.3) is 0 Å². The molecule has 0 saturated heterocycles. The van der Waals surface area contributed by atoms with Gasteiger partial charge in [0, 0.05) is 9.52 Å². The molecule has 0 nitrogen and oxygen atoms in total. The molecule has 4 heteroatoms. The smallest absolute Gasteiger partial charge is 1.00 e. The van der Waals surface area contributed by atoms with E-state index in [1.165, 1.54) is 21.5 Å². The molecule has 2 radical (unpaired) electrons. The largest absolute Gasteiger partial charge is 4.00 e. The molecule has 0 amide bonds. The molecule has 0 aliphatic heterocycles. The summed E-state index contributed by atoms with van der Waals surface area (Å²) in [5.74, 6) is 0. The van der Waals surface area contributed by atoms with E-state index in [4.69, 9.17) is 0 Å². The van der Waals surface area contributed by atoms with Gasteiger partial charge in [0.2, 0.25) is 0 Å². The maximum Gasteiger partial charge on any atom is 4.00 e. The number of hydrogen-bond acceptors (Lipinski definition) is 0. The topological polar surface area (TPSA) is 0 Å². The first kappa shape index (κ1) is 29.0. The Bertz CT molecular complexity index is 761. The third-order valence-corrected chi connectivity index (χ3v) is 4.83. The van der Waals surface area contributed by atoms with Gasteiger partial charge in [-0.15, -0.1) is 72.5 Å². The number of rotatable bonds is 4. The van der Waals surface area contributed by atoms with E-state index in [1.807, 2.05) is 12.2 Å². The zero-order chi connectivity index (χ0) is 17.7. The van der Waals surface area contributed by atoms with Crippen LogP contribution in [0.2, 0.25) is 12.1 Å². The molecule has 28 heavy (non-hydrogen) atoms. The van der Waals surface area contributed by atoms with Gasteiger partial charge in [-0.05, 0) is 12.1 Å². The molecular formula is C24H24Cl2HfSi. The summed E-state index contributed by atoms with van der Waals surface area (Å²) in [5.41, 5.74) is 0. The predicted octanol–water partition coefficient (Wildman–Crippen LogP) is 1.02. The number of allylic oxidation sites excluding steroid dienone is 2.